The van der Waals surface area contributed by atoms with Crippen LogP contribution < -0.4 is 5.32 Å². The Bertz CT molecular complexity index is 602. The first-order valence-electron chi connectivity index (χ1n) is 7.44. The fraction of sp³-hybridized carbons (Fsp3) is 0.438. The maximum atomic E-state index is 12.0. The van der Waals surface area contributed by atoms with Crippen molar-refractivity contribution in [2.24, 2.45) is 0 Å². The molecule has 0 atom stereocenters. The van der Waals surface area contributed by atoms with Crippen molar-refractivity contribution in [3.63, 3.8) is 0 Å². The second-order valence-corrected chi connectivity index (χ2v) is 5.38. The van der Waals surface area contributed by atoms with Gasteiger partial charge < -0.3 is 15.0 Å². The average molecular weight is 287 g/mol. The van der Waals surface area contributed by atoms with E-state index >= 15 is 0 Å². The van der Waals surface area contributed by atoms with Gasteiger partial charge in [-0.1, -0.05) is 12.1 Å². The summed E-state index contributed by atoms with van der Waals surface area (Å²) in [5.41, 5.74) is 2.11. The summed E-state index contributed by atoms with van der Waals surface area (Å²) in [4.78, 5) is 17.4. The van der Waals surface area contributed by atoms with Gasteiger partial charge in [0.2, 0.25) is 5.91 Å². The first-order valence-corrected chi connectivity index (χ1v) is 7.44. The van der Waals surface area contributed by atoms with Crippen LogP contribution in [0.15, 0.2) is 30.5 Å². The van der Waals surface area contributed by atoms with Crippen molar-refractivity contribution in [3.8, 4) is 0 Å². The zero-order chi connectivity index (χ0) is 14.5. The van der Waals surface area contributed by atoms with Crippen LogP contribution in [0, 0.1) is 0 Å². The number of H-pyrrole nitrogens is 1. The van der Waals surface area contributed by atoms with Gasteiger partial charge in [-0.05, 0) is 23.1 Å². The van der Waals surface area contributed by atoms with Crippen molar-refractivity contribution < 1.29 is 9.53 Å². The standard InChI is InChI=1S/C16H21N3O2/c20-16(18-5-6-19-7-9-21-10-8-19)12-13-1-2-14-3-4-17-15(14)11-13/h1-4,11,17H,5-10,12H2,(H,18,20). The molecule has 1 amide bonds. The second kappa shape index (κ2) is 6.74. The Kier molecular flexibility index (Phi) is 4.52. The molecule has 2 heterocycles. The van der Waals surface area contributed by atoms with Crippen molar-refractivity contribution in [2.75, 3.05) is 39.4 Å². The highest BCUT2D eigenvalue weighted by Crippen LogP contribution is 2.14. The average Bonchev–Trinajstić information content (AvgIpc) is 2.96. The molecule has 112 valence electrons. The number of nitrogens with one attached hydrogen (secondary N) is 2. The summed E-state index contributed by atoms with van der Waals surface area (Å²) in [6, 6.07) is 8.12. The molecule has 0 radical (unpaired) electrons. The fourth-order valence-corrected chi connectivity index (χ4v) is 2.63. The van der Waals surface area contributed by atoms with Crippen LogP contribution in [0.3, 0.4) is 0 Å². The van der Waals surface area contributed by atoms with E-state index in [1.807, 2.05) is 30.5 Å². The number of aromatic nitrogens is 1. The highest BCUT2D eigenvalue weighted by Gasteiger charge is 2.10. The lowest BCUT2D eigenvalue weighted by molar-refractivity contribution is -0.120. The lowest BCUT2D eigenvalue weighted by atomic mass is 10.1. The van der Waals surface area contributed by atoms with Gasteiger partial charge in [0.05, 0.1) is 19.6 Å². The van der Waals surface area contributed by atoms with E-state index < -0.39 is 0 Å². The van der Waals surface area contributed by atoms with Crippen molar-refractivity contribution in [1.29, 1.82) is 0 Å². The maximum Gasteiger partial charge on any atom is 0.224 e. The Labute approximate surface area is 124 Å². The topological polar surface area (TPSA) is 57.4 Å². The molecule has 1 aromatic heterocycles. The molecule has 2 aromatic rings. The molecule has 0 unspecified atom stereocenters. The Hall–Kier alpha value is -1.85. The van der Waals surface area contributed by atoms with Gasteiger partial charge in [0.15, 0.2) is 0 Å². The number of benzene rings is 1. The number of ether oxygens (including phenoxy) is 1. The molecule has 1 aliphatic heterocycles. The first kappa shape index (κ1) is 14.1. The summed E-state index contributed by atoms with van der Waals surface area (Å²) >= 11 is 0. The van der Waals surface area contributed by atoms with E-state index in [0.717, 1.165) is 43.9 Å². The summed E-state index contributed by atoms with van der Waals surface area (Å²) in [5.74, 6) is 0.0779. The number of morpholine rings is 1. The predicted molar refractivity (Wildman–Crippen MR) is 82.3 cm³/mol. The number of fused-ring (bicyclic) bond motifs is 1. The van der Waals surface area contributed by atoms with Gasteiger partial charge in [-0.3, -0.25) is 9.69 Å². The zero-order valence-electron chi connectivity index (χ0n) is 12.1. The van der Waals surface area contributed by atoms with Crippen LogP contribution in [-0.2, 0) is 16.0 Å². The van der Waals surface area contributed by atoms with Gasteiger partial charge in [-0.15, -0.1) is 0 Å². The number of carbonyl (C=O) groups is 1. The molecule has 5 heteroatoms. The highest BCUT2D eigenvalue weighted by atomic mass is 16.5. The third kappa shape index (κ3) is 3.83. The van der Waals surface area contributed by atoms with Gasteiger partial charge in [0.1, 0.15) is 0 Å². The van der Waals surface area contributed by atoms with Gasteiger partial charge in [-0.25, -0.2) is 0 Å². The molecule has 21 heavy (non-hydrogen) atoms. The van der Waals surface area contributed by atoms with E-state index in [-0.39, 0.29) is 5.91 Å². The fourth-order valence-electron chi connectivity index (χ4n) is 2.63. The molecule has 2 N–H and O–H groups in total. The Balaban J connectivity index is 1.44. The molecule has 1 fully saturated rings. The minimum absolute atomic E-state index is 0.0779. The van der Waals surface area contributed by atoms with Crippen LogP contribution in [0.2, 0.25) is 0 Å². The summed E-state index contributed by atoms with van der Waals surface area (Å²) in [6.45, 7) is 5.10. The van der Waals surface area contributed by atoms with E-state index in [1.54, 1.807) is 0 Å². The van der Waals surface area contributed by atoms with E-state index in [4.69, 9.17) is 4.74 Å². The zero-order valence-corrected chi connectivity index (χ0v) is 12.1. The van der Waals surface area contributed by atoms with Crippen LogP contribution in [0.5, 0.6) is 0 Å². The number of hydrogen-bond acceptors (Lipinski definition) is 3. The van der Waals surface area contributed by atoms with E-state index in [0.29, 0.717) is 13.0 Å². The van der Waals surface area contributed by atoms with Crippen LogP contribution in [0.1, 0.15) is 5.56 Å². The summed E-state index contributed by atoms with van der Waals surface area (Å²) in [7, 11) is 0. The molecule has 0 spiro atoms. The predicted octanol–water partition coefficient (Wildman–Crippen LogP) is 1.16. The lowest BCUT2D eigenvalue weighted by Gasteiger charge is -2.26. The molecule has 0 saturated carbocycles. The van der Waals surface area contributed by atoms with E-state index in [2.05, 4.69) is 15.2 Å². The van der Waals surface area contributed by atoms with Crippen molar-refractivity contribution >= 4 is 16.8 Å². The number of rotatable bonds is 5. The van der Waals surface area contributed by atoms with E-state index in [9.17, 15) is 4.79 Å². The monoisotopic (exact) mass is 287 g/mol. The minimum Gasteiger partial charge on any atom is -0.379 e. The van der Waals surface area contributed by atoms with Crippen LogP contribution >= 0.6 is 0 Å². The number of carbonyl (C=O) groups excluding carboxylic acids is 1. The molecule has 0 bridgehead atoms. The molecule has 3 rings (SSSR count). The quantitative estimate of drug-likeness (QED) is 0.867. The normalized spacial score (nSPS) is 16.2. The maximum absolute atomic E-state index is 12.0. The molecule has 5 nitrogen and oxygen atoms in total. The van der Waals surface area contributed by atoms with Crippen LogP contribution in [0.4, 0.5) is 0 Å². The molecular weight excluding hydrogens is 266 g/mol. The number of nitrogens with zero attached hydrogens (tertiary/aromatic N) is 1. The third-order valence-corrected chi connectivity index (χ3v) is 3.84. The highest BCUT2D eigenvalue weighted by molar-refractivity contribution is 5.83. The molecular formula is C16H21N3O2. The van der Waals surface area contributed by atoms with Gasteiger partial charge in [0.25, 0.3) is 0 Å². The largest absolute Gasteiger partial charge is 0.379 e. The number of amides is 1. The lowest BCUT2D eigenvalue weighted by Crippen LogP contribution is -2.41. The van der Waals surface area contributed by atoms with Gasteiger partial charge in [-0.2, -0.15) is 0 Å². The van der Waals surface area contributed by atoms with Crippen molar-refractivity contribution in [3.05, 3.63) is 36.0 Å². The summed E-state index contributed by atoms with van der Waals surface area (Å²) in [6.07, 6.45) is 2.34. The Morgan fingerprint density at radius 1 is 1.29 bits per heavy atom. The van der Waals surface area contributed by atoms with Crippen LogP contribution in [-0.4, -0.2) is 55.2 Å². The molecule has 1 aliphatic rings. The van der Waals surface area contributed by atoms with Crippen LogP contribution in [0.25, 0.3) is 10.9 Å². The Morgan fingerprint density at radius 2 is 2.14 bits per heavy atom. The third-order valence-electron chi connectivity index (χ3n) is 3.84. The summed E-state index contributed by atoms with van der Waals surface area (Å²) < 4.78 is 5.30. The van der Waals surface area contributed by atoms with Crippen molar-refractivity contribution in [2.45, 2.75) is 6.42 Å². The molecule has 1 aromatic carbocycles. The number of hydrogen-bond donors (Lipinski definition) is 2. The molecule has 1 saturated heterocycles. The first-order chi connectivity index (χ1) is 10.3. The number of aromatic amines is 1. The van der Waals surface area contributed by atoms with Crippen molar-refractivity contribution in [1.82, 2.24) is 15.2 Å². The van der Waals surface area contributed by atoms with Gasteiger partial charge in [0, 0.05) is 37.9 Å². The Morgan fingerprint density at radius 3 is 3.00 bits per heavy atom. The minimum atomic E-state index is 0.0779. The smallest absolute Gasteiger partial charge is 0.224 e. The SMILES string of the molecule is O=C(Cc1ccc2cc[nH]c2c1)NCCN1CCOCC1. The summed E-state index contributed by atoms with van der Waals surface area (Å²) in [5, 5.41) is 4.16. The molecule has 0 aliphatic carbocycles. The van der Waals surface area contributed by atoms with E-state index in [1.165, 1.54) is 5.39 Å². The second-order valence-electron chi connectivity index (χ2n) is 5.38. The van der Waals surface area contributed by atoms with Gasteiger partial charge >= 0.3 is 0 Å².